The molecule has 1 atom stereocenters. The molecule has 2 aliphatic rings. The Labute approximate surface area is 162 Å². The zero-order valence-electron chi connectivity index (χ0n) is 17.1. The van der Waals surface area contributed by atoms with Crippen LogP contribution in [-0.4, -0.2) is 48.0 Å². The van der Waals surface area contributed by atoms with Crippen LogP contribution in [0.4, 0.5) is 0 Å². The van der Waals surface area contributed by atoms with Crippen LogP contribution in [0.15, 0.2) is 30.5 Å². The van der Waals surface area contributed by atoms with Crippen molar-refractivity contribution < 1.29 is 4.74 Å². The number of benzene rings is 1. The van der Waals surface area contributed by atoms with Crippen LogP contribution in [0.3, 0.4) is 0 Å². The fraction of sp³-hybridized carbons (Fsp3) is 0.591. The summed E-state index contributed by atoms with van der Waals surface area (Å²) in [4.78, 5) is 2.61. The van der Waals surface area contributed by atoms with E-state index in [2.05, 4.69) is 54.0 Å². The molecule has 2 aromatic rings. The van der Waals surface area contributed by atoms with E-state index in [9.17, 15) is 0 Å². The van der Waals surface area contributed by atoms with Crippen LogP contribution in [0.1, 0.15) is 39.2 Å². The number of rotatable bonds is 4. The average molecular weight is 369 g/mol. The second kappa shape index (κ2) is 6.95. The highest BCUT2D eigenvalue weighted by Crippen LogP contribution is 2.37. The lowest BCUT2D eigenvalue weighted by Crippen LogP contribution is -2.29. The van der Waals surface area contributed by atoms with Gasteiger partial charge in [0.05, 0.1) is 18.3 Å². The summed E-state index contributed by atoms with van der Waals surface area (Å²) in [6.07, 6.45) is 4.86. The SMILES string of the molecule is COc1cccc(-c2nn(C(C)(C)C)cc2CN2CCC3(CCNC3)C2)c1. The van der Waals surface area contributed by atoms with E-state index >= 15 is 0 Å². The van der Waals surface area contributed by atoms with E-state index in [4.69, 9.17) is 9.84 Å². The zero-order valence-corrected chi connectivity index (χ0v) is 17.1. The number of nitrogens with one attached hydrogen (secondary N) is 1. The van der Waals surface area contributed by atoms with Crippen LogP contribution in [0.2, 0.25) is 0 Å². The van der Waals surface area contributed by atoms with E-state index in [1.807, 2.05) is 12.1 Å². The van der Waals surface area contributed by atoms with Gasteiger partial charge in [0.2, 0.25) is 0 Å². The third-order valence-corrected chi connectivity index (χ3v) is 6.06. The van der Waals surface area contributed by atoms with Gasteiger partial charge in [-0.05, 0) is 64.3 Å². The van der Waals surface area contributed by atoms with Gasteiger partial charge >= 0.3 is 0 Å². The van der Waals surface area contributed by atoms with Crippen LogP contribution in [0.25, 0.3) is 11.3 Å². The second-order valence-electron chi connectivity index (χ2n) is 9.24. The maximum atomic E-state index is 5.44. The first-order chi connectivity index (χ1) is 12.9. The van der Waals surface area contributed by atoms with Gasteiger partial charge in [0.1, 0.15) is 5.75 Å². The van der Waals surface area contributed by atoms with Crippen molar-refractivity contribution in [1.29, 1.82) is 0 Å². The molecular weight excluding hydrogens is 336 g/mol. The number of hydrogen-bond donors (Lipinski definition) is 1. The first-order valence-corrected chi connectivity index (χ1v) is 10.1. The standard InChI is InChI=1S/C22H32N4O/c1-21(2,3)26-14-18(13-25-11-9-22(16-25)8-10-23-15-22)20(24-26)17-6-5-7-19(12-17)27-4/h5-7,12,14,23H,8-11,13,15-16H2,1-4H3. The van der Waals surface area contributed by atoms with Crippen molar-refractivity contribution in [3.05, 3.63) is 36.0 Å². The summed E-state index contributed by atoms with van der Waals surface area (Å²) in [7, 11) is 1.72. The van der Waals surface area contributed by atoms with E-state index in [-0.39, 0.29) is 5.54 Å². The molecule has 146 valence electrons. The van der Waals surface area contributed by atoms with Gasteiger partial charge in [0.25, 0.3) is 0 Å². The highest BCUT2D eigenvalue weighted by atomic mass is 16.5. The lowest BCUT2D eigenvalue weighted by atomic mass is 9.86. The molecule has 1 aromatic heterocycles. The van der Waals surface area contributed by atoms with Crippen molar-refractivity contribution in [1.82, 2.24) is 20.0 Å². The van der Waals surface area contributed by atoms with Crippen molar-refractivity contribution in [3.8, 4) is 17.0 Å². The van der Waals surface area contributed by atoms with Gasteiger partial charge in [-0.1, -0.05) is 12.1 Å². The Morgan fingerprint density at radius 3 is 2.81 bits per heavy atom. The van der Waals surface area contributed by atoms with Crippen LogP contribution in [-0.2, 0) is 12.1 Å². The summed E-state index contributed by atoms with van der Waals surface area (Å²) in [5, 5.41) is 8.54. The lowest BCUT2D eigenvalue weighted by Gasteiger charge is -2.22. The van der Waals surface area contributed by atoms with Crippen LogP contribution >= 0.6 is 0 Å². The molecule has 0 radical (unpaired) electrons. The maximum absolute atomic E-state index is 5.44. The van der Waals surface area contributed by atoms with Crippen molar-refractivity contribution in [3.63, 3.8) is 0 Å². The Bertz CT molecular complexity index is 799. The Balaban J connectivity index is 1.63. The highest BCUT2D eigenvalue weighted by molar-refractivity contribution is 5.64. The summed E-state index contributed by atoms with van der Waals surface area (Å²) >= 11 is 0. The van der Waals surface area contributed by atoms with E-state index < -0.39 is 0 Å². The molecule has 2 fully saturated rings. The molecule has 0 aliphatic carbocycles. The van der Waals surface area contributed by atoms with E-state index in [1.54, 1.807) is 7.11 Å². The van der Waals surface area contributed by atoms with Crippen molar-refractivity contribution in [2.75, 3.05) is 33.3 Å². The molecule has 0 saturated carbocycles. The van der Waals surface area contributed by atoms with Gasteiger partial charge in [0.15, 0.2) is 0 Å². The van der Waals surface area contributed by atoms with Crippen LogP contribution in [0.5, 0.6) is 5.75 Å². The molecule has 1 N–H and O–H groups in total. The fourth-order valence-corrected chi connectivity index (χ4v) is 4.43. The maximum Gasteiger partial charge on any atom is 0.119 e. The second-order valence-corrected chi connectivity index (χ2v) is 9.24. The minimum absolute atomic E-state index is 0.0343. The molecule has 4 rings (SSSR count). The topological polar surface area (TPSA) is 42.3 Å². The predicted molar refractivity (Wildman–Crippen MR) is 109 cm³/mol. The van der Waals surface area contributed by atoms with Gasteiger partial charge in [0, 0.05) is 37.0 Å². The monoisotopic (exact) mass is 368 g/mol. The molecule has 1 aromatic carbocycles. The number of ether oxygens (including phenoxy) is 1. The molecule has 27 heavy (non-hydrogen) atoms. The summed E-state index contributed by atoms with van der Waals surface area (Å²) in [5.74, 6) is 0.876. The first kappa shape index (κ1) is 18.5. The highest BCUT2D eigenvalue weighted by Gasteiger charge is 2.40. The molecule has 2 aliphatic heterocycles. The van der Waals surface area contributed by atoms with Crippen LogP contribution in [0, 0.1) is 5.41 Å². The van der Waals surface area contributed by atoms with Crippen LogP contribution < -0.4 is 10.1 Å². The Kier molecular flexibility index (Phi) is 4.77. The Hall–Kier alpha value is -1.85. The smallest absolute Gasteiger partial charge is 0.119 e. The quantitative estimate of drug-likeness (QED) is 0.897. The van der Waals surface area contributed by atoms with Gasteiger partial charge in [-0.15, -0.1) is 0 Å². The van der Waals surface area contributed by atoms with E-state index in [1.165, 1.54) is 44.6 Å². The van der Waals surface area contributed by atoms with Crippen molar-refractivity contribution in [2.24, 2.45) is 5.41 Å². The third-order valence-electron chi connectivity index (χ3n) is 6.06. The van der Waals surface area contributed by atoms with Crippen molar-refractivity contribution in [2.45, 2.75) is 45.7 Å². The predicted octanol–water partition coefficient (Wildman–Crippen LogP) is 3.50. The molecule has 5 nitrogen and oxygen atoms in total. The molecule has 1 spiro atoms. The van der Waals surface area contributed by atoms with E-state index in [0.29, 0.717) is 5.41 Å². The number of methoxy groups -OCH3 is 1. The number of aromatic nitrogens is 2. The first-order valence-electron chi connectivity index (χ1n) is 10.1. The Morgan fingerprint density at radius 2 is 2.11 bits per heavy atom. The fourth-order valence-electron chi connectivity index (χ4n) is 4.43. The molecule has 1 unspecified atom stereocenters. The average Bonchev–Trinajstić information content (AvgIpc) is 3.36. The molecule has 2 saturated heterocycles. The third kappa shape index (κ3) is 3.76. The number of nitrogens with zero attached hydrogens (tertiary/aromatic N) is 3. The molecular formula is C22H32N4O. The summed E-state index contributed by atoms with van der Waals surface area (Å²) < 4.78 is 7.55. The normalized spacial score (nSPS) is 23.4. The van der Waals surface area contributed by atoms with Gasteiger partial charge < -0.3 is 10.1 Å². The summed E-state index contributed by atoms with van der Waals surface area (Å²) in [5.41, 5.74) is 3.98. The van der Waals surface area contributed by atoms with Crippen molar-refractivity contribution >= 4 is 0 Å². The van der Waals surface area contributed by atoms with Gasteiger partial charge in [-0.3, -0.25) is 9.58 Å². The minimum atomic E-state index is -0.0343. The molecule has 0 amide bonds. The zero-order chi connectivity index (χ0) is 19.1. The van der Waals surface area contributed by atoms with Gasteiger partial charge in [-0.2, -0.15) is 5.10 Å². The molecule has 3 heterocycles. The minimum Gasteiger partial charge on any atom is -0.497 e. The summed E-state index contributed by atoms with van der Waals surface area (Å²) in [6, 6.07) is 8.25. The van der Waals surface area contributed by atoms with E-state index in [0.717, 1.165) is 23.6 Å². The lowest BCUT2D eigenvalue weighted by molar-refractivity contribution is 0.268. The molecule has 0 bridgehead atoms. The Morgan fingerprint density at radius 1 is 1.26 bits per heavy atom. The molecule has 5 heteroatoms. The number of hydrogen-bond acceptors (Lipinski definition) is 4. The summed E-state index contributed by atoms with van der Waals surface area (Å²) in [6.45, 7) is 12.3. The number of likely N-dealkylation sites (tertiary alicyclic amines) is 1. The van der Waals surface area contributed by atoms with Gasteiger partial charge in [-0.25, -0.2) is 0 Å². The largest absolute Gasteiger partial charge is 0.497 e.